The number of piperidine rings is 1. The topological polar surface area (TPSA) is 175 Å². The Hall–Kier alpha value is -6.28. The first-order chi connectivity index (χ1) is 27.9. The Morgan fingerprint density at radius 2 is 1.72 bits per heavy atom. The molecule has 2 saturated heterocycles. The fourth-order valence-corrected chi connectivity index (χ4v) is 7.72. The van der Waals surface area contributed by atoms with Crippen molar-refractivity contribution in [3.63, 3.8) is 0 Å². The fraction of sp³-hybridized carbons (Fsp3) is 0.364. The van der Waals surface area contributed by atoms with Crippen LogP contribution in [0.1, 0.15) is 91.4 Å². The van der Waals surface area contributed by atoms with Gasteiger partial charge in [0.1, 0.15) is 5.69 Å². The molecule has 8 rings (SSSR count). The van der Waals surface area contributed by atoms with E-state index in [-0.39, 0.29) is 40.9 Å². The van der Waals surface area contributed by atoms with Gasteiger partial charge in [0.05, 0.1) is 12.0 Å². The Kier molecular flexibility index (Phi) is 10.6. The van der Waals surface area contributed by atoms with E-state index in [1.54, 1.807) is 6.20 Å². The van der Waals surface area contributed by atoms with Crippen molar-refractivity contribution in [1.82, 2.24) is 45.8 Å². The molecule has 0 spiro atoms. The third-order valence-corrected chi connectivity index (χ3v) is 11.2. The largest absolute Gasteiger partial charge is 0.369 e. The minimum Gasteiger partial charge on any atom is -0.369 e. The average molecular weight is 781 g/mol. The maximum absolute atomic E-state index is 12.9. The van der Waals surface area contributed by atoms with Crippen LogP contribution in [0.5, 0.6) is 0 Å². The third-order valence-electron chi connectivity index (χ3n) is 11.2. The number of carbonyl (C=O) groups is 3. The van der Waals surface area contributed by atoms with Gasteiger partial charge >= 0.3 is 0 Å². The number of amides is 3. The van der Waals surface area contributed by atoms with Gasteiger partial charge in [-0.15, -0.1) is 0 Å². The molecule has 3 N–H and O–H groups in total. The summed E-state index contributed by atoms with van der Waals surface area (Å²) >= 11 is 0. The van der Waals surface area contributed by atoms with E-state index >= 15 is 0 Å². The number of H-pyrrole nitrogens is 1. The summed E-state index contributed by atoms with van der Waals surface area (Å²) in [5.41, 5.74) is 9.26. The zero-order chi connectivity index (χ0) is 40.6. The van der Waals surface area contributed by atoms with Gasteiger partial charge < -0.3 is 14.7 Å². The molecule has 14 nitrogen and oxygen atoms in total. The number of nitrogens with zero attached hydrogens (tertiary/aromatic N) is 7. The highest BCUT2D eigenvalue weighted by atomic mass is 16.5. The summed E-state index contributed by atoms with van der Waals surface area (Å²) in [6, 6.07) is 20.6. The summed E-state index contributed by atoms with van der Waals surface area (Å²) in [5.74, 6) is -0.696. The number of rotatable bonds is 10. The smallest absolute Gasteiger partial charge is 0.293 e. The maximum Gasteiger partial charge on any atom is 0.293 e. The minimum atomic E-state index is -0.387. The van der Waals surface area contributed by atoms with Gasteiger partial charge in [0.25, 0.3) is 11.7 Å². The molecule has 0 aliphatic carbocycles. The second-order valence-electron chi connectivity index (χ2n) is 16.3. The lowest BCUT2D eigenvalue weighted by Gasteiger charge is -2.36. The van der Waals surface area contributed by atoms with E-state index in [4.69, 9.17) is 9.51 Å². The SMILES string of the molecule is Cc1cc(-c2n[nH]c3ncc(-c4ccc(N5CCN(CCc6ccc([C@@H]7CCC(=O)NC7=O)cn6)CC5)cc4)cc23)ccc1[C@@H](C)NC(=O)c1noc(C(C)(C)C)n1. The van der Waals surface area contributed by atoms with Crippen molar-refractivity contribution in [1.29, 1.82) is 0 Å². The number of aromatic amines is 1. The van der Waals surface area contributed by atoms with Crippen LogP contribution < -0.4 is 15.5 Å². The summed E-state index contributed by atoms with van der Waals surface area (Å²) in [5, 5.41) is 18.0. The molecule has 0 bridgehead atoms. The summed E-state index contributed by atoms with van der Waals surface area (Å²) in [6.45, 7) is 14.6. The lowest BCUT2D eigenvalue weighted by molar-refractivity contribution is -0.134. The molecular weight excluding hydrogens is 733 g/mol. The predicted octanol–water partition coefficient (Wildman–Crippen LogP) is 6.05. The van der Waals surface area contributed by atoms with Crippen LogP contribution in [-0.4, -0.2) is 85.7 Å². The number of pyridine rings is 2. The monoisotopic (exact) mass is 780 g/mol. The zero-order valence-corrected chi connectivity index (χ0v) is 33.5. The van der Waals surface area contributed by atoms with Gasteiger partial charge in [0, 0.05) is 91.3 Å². The van der Waals surface area contributed by atoms with E-state index in [2.05, 4.69) is 82.2 Å². The molecule has 0 saturated carbocycles. The number of aryl methyl sites for hydroxylation is 1. The van der Waals surface area contributed by atoms with Crippen molar-refractivity contribution >= 4 is 34.4 Å². The van der Waals surface area contributed by atoms with E-state index in [9.17, 15) is 14.4 Å². The van der Waals surface area contributed by atoms with Crippen molar-refractivity contribution in [3.8, 4) is 22.4 Å². The highest BCUT2D eigenvalue weighted by Crippen LogP contribution is 2.32. The van der Waals surface area contributed by atoms with Crippen LogP contribution in [0.3, 0.4) is 0 Å². The molecule has 2 aliphatic rings. The van der Waals surface area contributed by atoms with Crippen molar-refractivity contribution in [2.24, 2.45) is 0 Å². The van der Waals surface area contributed by atoms with Gasteiger partial charge in [-0.2, -0.15) is 10.1 Å². The van der Waals surface area contributed by atoms with Crippen molar-refractivity contribution in [3.05, 3.63) is 107 Å². The highest BCUT2D eigenvalue weighted by Gasteiger charge is 2.29. The number of carbonyl (C=O) groups excluding carboxylic acids is 3. The highest BCUT2D eigenvalue weighted by molar-refractivity contribution is 6.01. The van der Waals surface area contributed by atoms with Gasteiger partial charge in [-0.3, -0.25) is 34.7 Å². The normalized spacial score (nSPS) is 17.1. The van der Waals surface area contributed by atoms with Gasteiger partial charge in [0.15, 0.2) is 5.65 Å². The first-order valence-electron chi connectivity index (χ1n) is 19.9. The molecule has 14 heteroatoms. The molecule has 2 aliphatic heterocycles. The Balaban J connectivity index is 0.865. The molecule has 3 amide bonds. The lowest BCUT2D eigenvalue weighted by atomic mass is 9.91. The van der Waals surface area contributed by atoms with Crippen LogP contribution in [0.4, 0.5) is 5.69 Å². The molecule has 2 atom stereocenters. The number of benzene rings is 2. The summed E-state index contributed by atoms with van der Waals surface area (Å²) in [7, 11) is 0. The molecule has 58 heavy (non-hydrogen) atoms. The molecule has 298 valence electrons. The number of aromatic nitrogens is 6. The Bertz CT molecular complexity index is 2460. The first-order valence-corrected chi connectivity index (χ1v) is 19.9. The van der Waals surface area contributed by atoms with Crippen LogP contribution in [0.15, 0.2) is 77.6 Å². The lowest BCUT2D eigenvalue weighted by Crippen LogP contribution is -2.47. The molecule has 6 aromatic rings. The van der Waals surface area contributed by atoms with Crippen LogP contribution in [0, 0.1) is 6.92 Å². The van der Waals surface area contributed by atoms with Crippen molar-refractivity contribution < 1.29 is 18.9 Å². The predicted molar refractivity (Wildman–Crippen MR) is 220 cm³/mol. The van der Waals surface area contributed by atoms with Gasteiger partial charge in [-0.1, -0.05) is 56.3 Å². The molecule has 0 unspecified atom stereocenters. The van der Waals surface area contributed by atoms with E-state index in [1.807, 2.05) is 65.1 Å². The van der Waals surface area contributed by atoms with Crippen LogP contribution in [0.25, 0.3) is 33.4 Å². The first kappa shape index (κ1) is 38.6. The number of anilines is 1. The third kappa shape index (κ3) is 8.23. The van der Waals surface area contributed by atoms with Gasteiger partial charge in [-0.25, -0.2) is 4.98 Å². The van der Waals surface area contributed by atoms with Gasteiger partial charge in [0.2, 0.25) is 17.7 Å². The van der Waals surface area contributed by atoms with Crippen LogP contribution in [-0.2, 0) is 21.4 Å². The van der Waals surface area contributed by atoms with E-state index in [0.29, 0.717) is 24.4 Å². The van der Waals surface area contributed by atoms with E-state index < -0.39 is 0 Å². The number of piperazine rings is 1. The van der Waals surface area contributed by atoms with Crippen LogP contribution in [0.2, 0.25) is 0 Å². The molecule has 4 aromatic heterocycles. The van der Waals surface area contributed by atoms with Gasteiger partial charge in [-0.05, 0) is 72.9 Å². The fourth-order valence-electron chi connectivity index (χ4n) is 7.72. The summed E-state index contributed by atoms with van der Waals surface area (Å²) in [4.78, 5) is 55.2. The van der Waals surface area contributed by atoms with E-state index in [0.717, 1.165) is 89.3 Å². The summed E-state index contributed by atoms with van der Waals surface area (Å²) < 4.78 is 5.30. The standard InChI is InChI=1S/C44H48N10O4/c1-26-22-29(9-13-34(26)27(2)47-42(57)40-49-43(58-52-40)44(3,4)5)38-36-23-31(25-46-39(36)51-50-38)28-7-11-33(12-8-28)54-20-18-53(19-21-54)17-16-32-10-6-30(24-45-32)35-14-15-37(55)48-41(35)56/h6-13,22-25,27,35H,14-21H2,1-5H3,(H,47,57)(H,46,50,51)(H,48,55,56)/t27-,35+/m1/s1. The zero-order valence-electron chi connectivity index (χ0n) is 33.5. The summed E-state index contributed by atoms with van der Waals surface area (Å²) in [6.07, 6.45) is 5.40. The van der Waals surface area contributed by atoms with Crippen molar-refractivity contribution in [2.75, 3.05) is 37.6 Å². The average Bonchev–Trinajstić information content (AvgIpc) is 3.89. The maximum atomic E-state index is 12.9. The minimum absolute atomic E-state index is 0.0191. The molecule has 6 heterocycles. The van der Waals surface area contributed by atoms with E-state index in [1.165, 1.54) is 5.69 Å². The number of hydrogen-bond donors (Lipinski definition) is 3. The molecular formula is C44H48N10O4. The number of fused-ring (bicyclic) bond motifs is 1. The Morgan fingerprint density at radius 3 is 2.41 bits per heavy atom. The number of imide groups is 1. The number of hydrogen-bond acceptors (Lipinski definition) is 11. The quantitative estimate of drug-likeness (QED) is 0.138. The second-order valence-corrected chi connectivity index (χ2v) is 16.3. The molecule has 2 fully saturated rings. The molecule has 0 radical (unpaired) electrons. The molecule has 2 aromatic carbocycles. The van der Waals surface area contributed by atoms with Crippen molar-refractivity contribution in [2.45, 2.75) is 71.3 Å². The second kappa shape index (κ2) is 15.9. The Labute approximate surface area is 336 Å². The number of nitrogens with one attached hydrogen (secondary N) is 3. The Morgan fingerprint density at radius 1 is 0.948 bits per heavy atom. The van der Waals surface area contributed by atoms with Crippen LogP contribution >= 0.6 is 0 Å².